The average Bonchev–Trinajstić information content (AvgIpc) is 3.09. The maximum Gasteiger partial charge on any atom is 0.0750 e. The van der Waals surface area contributed by atoms with Crippen LogP contribution in [0.25, 0.3) is 0 Å². The van der Waals surface area contributed by atoms with Crippen LogP contribution in [0.3, 0.4) is 0 Å². The summed E-state index contributed by atoms with van der Waals surface area (Å²) < 4.78 is 5.77. The van der Waals surface area contributed by atoms with Crippen molar-refractivity contribution in [2.75, 3.05) is 31.1 Å². The summed E-state index contributed by atoms with van der Waals surface area (Å²) in [5.41, 5.74) is 4.34. The number of ether oxygens (including phenoxy) is 1. The molecular weight excluding hydrogens is 248 g/mol. The van der Waals surface area contributed by atoms with Gasteiger partial charge < -0.3 is 15.0 Å². The molecule has 20 heavy (non-hydrogen) atoms. The van der Waals surface area contributed by atoms with Gasteiger partial charge in [-0.1, -0.05) is 19.1 Å². The van der Waals surface area contributed by atoms with Crippen LogP contribution in [0.2, 0.25) is 0 Å². The van der Waals surface area contributed by atoms with E-state index in [0.29, 0.717) is 12.1 Å². The van der Waals surface area contributed by atoms with Crippen LogP contribution in [0, 0.1) is 0 Å². The molecule has 2 unspecified atom stereocenters. The number of hydrogen-bond donors (Lipinski definition) is 1. The molecule has 1 aromatic carbocycles. The second kappa shape index (κ2) is 6.15. The van der Waals surface area contributed by atoms with E-state index in [4.69, 9.17) is 4.74 Å². The minimum Gasteiger partial charge on any atom is -0.376 e. The molecule has 1 fully saturated rings. The van der Waals surface area contributed by atoms with Crippen molar-refractivity contribution in [1.29, 1.82) is 0 Å². The van der Waals surface area contributed by atoms with Gasteiger partial charge in [0.2, 0.25) is 0 Å². The van der Waals surface area contributed by atoms with Crippen LogP contribution in [0.15, 0.2) is 18.2 Å². The molecule has 3 heteroatoms. The van der Waals surface area contributed by atoms with Gasteiger partial charge in [0.05, 0.1) is 6.10 Å². The van der Waals surface area contributed by atoms with E-state index in [-0.39, 0.29) is 0 Å². The minimum atomic E-state index is 0.442. The van der Waals surface area contributed by atoms with E-state index >= 15 is 0 Å². The Hall–Kier alpha value is -1.06. The Bertz CT molecular complexity index is 454. The van der Waals surface area contributed by atoms with Crippen molar-refractivity contribution in [2.24, 2.45) is 0 Å². The summed E-state index contributed by atoms with van der Waals surface area (Å²) in [5.74, 6) is 0. The second-order valence-corrected chi connectivity index (χ2v) is 6.00. The summed E-state index contributed by atoms with van der Waals surface area (Å²) in [6.07, 6.45) is 4.07. The summed E-state index contributed by atoms with van der Waals surface area (Å²) in [6.45, 7) is 8.58. The van der Waals surface area contributed by atoms with E-state index < -0.39 is 0 Å². The molecule has 0 aliphatic carbocycles. The zero-order valence-electron chi connectivity index (χ0n) is 12.7. The standard InChI is InChI=1S/C17H26N2O/c1-3-18-13(2)14-6-7-17-15(11-14)8-9-19(17)12-16-5-4-10-20-16/h6-7,11,13,16,18H,3-5,8-10,12H2,1-2H3. The molecule has 0 spiro atoms. The van der Waals surface area contributed by atoms with Gasteiger partial charge in [0.15, 0.2) is 0 Å². The first-order valence-electron chi connectivity index (χ1n) is 8.00. The van der Waals surface area contributed by atoms with Gasteiger partial charge in [0.1, 0.15) is 0 Å². The van der Waals surface area contributed by atoms with Crippen LogP contribution in [0.1, 0.15) is 43.9 Å². The zero-order valence-corrected chi connectivity index (χ0v) is 12.7. The normalized spacial score (nSPS) is 23.1. The van der Waals surface area contributed by atoms with Gasteiger partial charge >= 0.3 is 0 Å². The molecular formula is C17H26N2O. The monoisotopic (exact) mass is 274 g/mol. The molecule has 2 aliphatic heterocycles. The Balaban J connectivity index is 1.70. The lowest BCUT2D eigenvalue weighted by Gasteiger charge is -2.23. The van der Waals surface area contributed by atoms with Crippen LogP contribution in [-0.4, -0.2) is 32.3 Å². The lowest BCUT2D eigenvalue weighted by Crippen LogP contribution is -2.30. The zero-order chi connectivity index (χ0) is 13.9. The molecule has 0 saturated carbocycles. The molecule has 2 aliphatic rings. The van der Waals surface area contributed by atoms with Gasteiger partial charge in [0, 0.05) is 31.4 Å². The molecule has 3 nitrogen and oxygen atoms in total. The second-order valence-electron chi connectivity index (χ2n) is 6.00. The fourth-order valence-corrected chi connectivity index (χ4v) is 3.41. The SMILES string of the molecule is CCNC(C)c1ccc2c(c1)CCN2CC1CCCO1. The lowest BCUT2D eigenvalue weighted by atomic mass is 10.0. The molecule has 1 N–H and O–H groups in total. The summed E-state index contributed by atoms with van der Waals surface area (Å²) >= 11 is 0. The maximum absolute atomic E-state index is 5.77. The smallest absolute Gasteiger partial charge is 0.0750 e. The Morgan fingerprint density at radius 1 is 1.45 bits per heavy atom. The highest BCUT2D eigenvalue weighted by molar-refractivity contribution is 5.59. The molecule has 0 amide bonds. The topological polar surface area (TPSA) is 24.5 Å². The van der Waals surface area contributed by atoms with Crippen molar-refractivity contribution >= 4 is 5.69 Å². The predicted octanol–water partition coefficient (Wildman–Crippen LogP) is 2.90. The predicted molar refractivity (Wildman–Crippen MR) is 83.4 cm³/mol. The van der Waals surface area contributed by atoms with Crippen LogP contribution in [0.5, 0.6) is 0 Å². The third kappa shape index (κ3) is 2.84. The highest BCUT2D eigenvalue weighted by atomic mass is 16.5. The number of anilines is 1. The highest BCUT2D eigenvalue weighted by Gasteiger charge is 2.25. The first kappa shape index (κ1) is 13.9. The first-order chi connectivity index (χ1) is 9.78. The first-order valence-corrected chi connectivity index (χ1v) is 8.00. The highest BCUT2D eigenvalue weighted by Crippen LogP contribution is 2.31. The molecule has 0 radical (unpaired) electrons. The van der Waals surface area contributed by atoms with Crippen LogP contribution < -0.4 is 10.2 Å². The van der Waals surface area contributed by atoms with E-state index in [2.05, 4.69) is 42.3 Å². The van der Waals surface area contributed by atoms with Crippen molar-refractivity contribution in [2.45, 2.75) is 45.3 Å². The molecule has 0 bridgehead atoms. The Kier molecular flexibility index (Phi) is 4.27. The molecule has 1 saturated heterocycles. The van der Waals surface area contributed by atoms with E-state index in [1.165, 1.54) is 36.1 Å². The van der Waals surface area contributed by atoms with Gasteiger partial charge in [-0.25, -0.2) is 0 Å². The van der Waals surface area contributed by atoms with E-state index in [1.807, 2.05) is 0 Å². The van der Waals surface area contributed by atoms with E-state index in [0.717, 1.165) is 26.2 Å². The maximum atomic E-state index is 5.77. The Morgan fingerprint density at radius 3 is 3.10 bits per heavy atom. The quantitative estimate of drug-likeness (QED) is 0.893. The van der Waals surface area contributed by atoms with Crippen molar-refractivity contribution < 1.29 is 4.74 Å². The minimum absolute atomic E-state index is 0.442. The van der Waals surface area contributed by atoms with Crippen LogP contribution in [-0.2, 0) is 11.2 Å². The van der Waals surface area contributed by atoms with Gasteiger partial charge in [0.25, 0.3) is 0 Å². The summed E-state index contributed by atoms with van der Waals surface area (Å²) in [4.78, 5) is 2.51. The average molecular weight is 274 g/mol. The van der Waals surface area contributed by atoms with Crippen molar-refractivity contribution in [3.05, 3.63) is 29.3 Å². The van der Waals surface area contributed by atoms with Gasteiger partial charge in [-0.3, -0.25) is 0 Å². The Labute approximate surface area is 122 Å². The van der Waals surface area contributed by atoms with Crippen molar-refractivity contribution in [3.8, 4) is 0 Å². The molecule has 0 aromatic heterocycles. The summed E-state index contributed by atoms with van der Waals surface area (Å²) in [7, 11) is 0. The number of rotatable bonds is 5. The van der Waals surface area contributed by atoms with Gasteiger partial charge in [-0.2, -0.15) is 0 Å². The largest absolute Gasteiger partial charge is 0.376 e. The summed E-state index contributed by atoms with van der Waals surface area (Å²) in [6, 6.07) is 7.41. The molecule has 1 aromatic rings. The third-order valence-corrected chi connectivity index (χ3v) is 4.55. The van der Waals surface area contributed by atoms with Crippen molar-refractivity contribution in [1.82, 2.24) is 5.32 Å². The fourth-order valence-electron chi connectivity index (χ4n) is 3.41. The van der Waals surface area contributed by atoms with Gasteiger partial charge in [-0.15, -0.1) is 0 Å². The van der Waals surface area contributed by atoms with Crippen LogP contribution in [0.4, 0.5) is 5.69 Å². The van der Waals surface area contributed by atoms with E-state index in [9.17, 15) is 0 Å². The number of nitrogens with one attached hydrogen (secondary N) is 1. The molecule has 110 valence electrons. The number of fused-ring (bicyclic) bond motifs is 1. The molecule has 2 atom stereocenters. The van der Waals surface area contributed by atoms with E-state index in [1.54, 1.807) is 0 Å². The number of nitrogens with zero attached hydrogens (tertiary/aromatic N) is 1. The van der Waals surface area contributed by atoms with Gasteiger partial charge in [-0.05, 0) is 49.9 Å². The van der Waals surface area contributed by atoms with Crippen LogP contribution >= 0.6 is 0 Å². The van der Waals surface area contributed by atoms with Crippen molar-refractivity contribution in [3.63, 3.8) is 0 Å². The Morgan fingerprint density at radius 2 is 2.35 bits per heavy atom. The lowest BCUT2D eigenvalue weighted by molar-refractivity contribution is 0.116. The summed E-state index contributed by atoms with van der Waals surface area (Å²) in [5, 5.41) is 3.49. The number of benzene rings is 1. The molecule has 2 heterocycles. The molecule has 3 rings (SSSR count). The third-order valence-electron chi connectivity index (χ3n) is 4.55. The fraction of sp³-hybridized carbons (Fsp3) is 0.647. The number of hydrogen-bond acceptors (Lipinski definition) is 3.